The zero-order valence-corrected chi connectivity index (χ0v) is 52.5. The second kappa shape index (κ2) is 67.1. The lowest BCUT2D eigenvalue weighted by Gasteiger charge is -2.22. The zero-order valence-electron chi connectivity index (χ0n) is 52.5. The monoisotopic (exact) mass is 1090 g/mol. The number of hydrogen-bond donors (Lipinski definition) is 3. The Morgan fingerprint density at radius 1 is 0.351 bits per heavy atom. The quantitative estimate of drug-likeness (QED) is 0.0320. The number of carbonyl (C=O) groups is 2. The lowest BCUT2D eigenvalue weighted by molar-refractivity contribution is -0.143. The van der Waals surface area contributed by atoms with Crippen molar-refractivity contribution >= 4 is 11.9 Å². The first kappa shape index (κ1) is 75.6. The first-order valence-corrected chi connectivity index (χ1v) is 35.4. The molecule has 0 aliphatic carbocycles. The van der Waals surface area contributed by atoms with Crippen LogP contribution in [0.15, 0.2) is 12.2 Å². The molecule has 0 spiro atoms. The minimum Gasteiger partial charge on any atom is -0.466 e. The number of carbonyl (C=O) groups excluding carboxylic acids is 2. The van der Waals surface area contributed by atoms with E-state index in [1.54, 1.807) is 0 Å². The highest BCUT2D eigenvalue weighted by Crippen LogP contribution is 2.19. The van der Waals surface area contributed by atoms with Crippen LogP contribution in [-0.4, -0.2) is 47.4 Å². The molecule has 0 aromatic carbocycles. The second-order valence-electron chi connectivity index (χ2n) is 24.6. The van der Waals surface area contributed by atoms with Crippen LogP contribution in [0.1, 0.15) is 406 Å². The van der Waals surface area contributed by atoms with E-state index in [4.69, 9.17) is 4.74 Å². The Hall–Kier alpha value is -1.40. The maximum Gasteiger partial charge on any atom is 0.305 e. The largest absolute Gasteiger partial charge is 0.466 e. The van der Waals surface area contributed by atoms with Gasteiger partial charge >= 0.3 is 5.97 Å². The van der Waals surface area contributed by atoms with Gasteiger partial charge in [-0.3, -0.25) is 9.59 Å². The van der Waals surface area contributed by atoms with Gasteiger partial charge in [0, 0.05) is 12.8 Å². The van der Waals surface area contributed by atoms with E-state index in [9.17, 15) is 19.8 Å². The fraction of sp³-hybridized carbons (Fsp3) is 0.944. The number of amides is 1. The van der Waals surface area contributed by atoms with Crippen LogP contribution in [0.2, 0.25) is 0 Å². The Morgan fingerprint density at radius 3 is 0.922 bits per heavy atom. The van der Waals surface area contributed by atoms with Gasteiger partial charge in [0.2, 0.25) is 5.91 Å². The molecule has 0 radical (unpaired) electrons. The van der Waals surface area contributed by atoms with Crippen molar-refractivity contribution in [2.45, 2.75) is 418 Å². The number of allylic oxidation sites excluding steroid dienone is 2. The summed E-state index contributed by atoms with van der Waals surface area (Å²) in [6.07, 6.45) is 82.7. The predicted molar refractivity (Wildman–Crippen MR) is 338 cm³/mol. The molecule has 0 rings (SSSR count). The maximum absolute atomic E-state index is 12.5. The van der Waals surface area contributed by atoms with E-state index in [1.165, 1.54) is 334 Å². The van der Waals surface area contributed by atoms with Crippen molar-refractivity contribution in [3.8, 4) is 0 Å². The van der Waals surface area contributed by atoms with Crippen LogP contribution < -0.4 is 5.32 Å². The highest BCUT2D eigenvalue weighted by atomic mass is 16.5. The summed E-state index contributed by atoms with van der Waals surface area (Å²) in [5, 5.41) is 23.3. The smallest absolute Gasteiger partial charge is 0.305 e. The predicted octanol–water partition coefficient (Wildman–Crippen LogP) is 22.8. The van der Waals surface area contributed by atoms with Crippen LogP contribution in [-0.2, 0) is 14.3 Å². The molecular weight excluding hydrogens is 947 g/mol. The van der Waals surface area contributed by atoms with Gasteiger partial charge in [-0.2, -0.15) is 0 Å². The van der Waals surface area contributed by atoms with Gasteiger partial charge in [-0.1, -0.05) is 353 Å². The number of ether oxygens (including phenoxy) is 1. The summed E-state index contributed by atoms with van der Waals surface area (Å²) < 4.78 is 5.51. The van der Waals surface area contributed by atoms with Crippen molar-refractivity contribution in [3.63, 3.8) is 0 Å². The summed E-state index contributed by atoms with van der Waals surface area (Å²) in [6.45, 7) is 4.98. The van der Waals surface area contributed by atoms with Gasteiger partial charge in [0.15, 0.2) is 0 Å². The third-order valence-electron chi connectivity index (χ3n) is 16.8. The number of esters is 1. The molecule has 6 heteroatoms. The minimum atomic E-state index is -0.660. The fourth-order valence-corrected chi connectivity index (χ4v) is 11.4. The second-order valence-corrected chi connectivity index (χ2v) is 24.6. The van der Waals surface area contributed by atoms with E-state index in [0.29, 0.717) is 25.9 Å². The van der Waals surface area contributed by atoms with Crippen molar-refractivity contribution in [2.75, 3.05) is 13.2 Å². The van der Waals surface area contributed by atoms with Gasteiger partial charge in [0.25, 0.3) is 0 Å². The van der Waals surface area contributed by atoms with Crippen LogP contribution in [0.4, 0.5) is 0 Å². The average Bonchev–Trinajstić information content (AvgIpc) is 3.43. The molecule has 1 amide bonds. The Balaban J connectivity index is 3.31. The van der Waals surface area contributed by atoms with Gasteiger partial charge in [-0.25, -0.2) is 0 Å². The third kappa shape index (κ3) is 63.6. The lowest BCUT2D eigenvalue weighted by atomic mass is 10.0. The van der Waals surface area contributed by atoms with Crippen LogP contribution in [0.5, 0.6) is 0 Å². The first-order chi connectivity index (χ1) is 38.0. The van der Waals surface area contributed by atoms with Crippen LogP contribution >= 0.6 is 0 Å². The van der Waals surface area contributed by atoms with Crippen LogP contribution in [0.3, 0.4) is 0 Å². The molecular formula is C71H139NO5. The summed E-state index contributed by atoms with van der Waals surface area (Å²) in [5.74, 6) is -0.0100. The van der Waals surface area contributed by atoms with Gasteiger partial charge < -0.3 is 20.3 Å². The molecule has 0 fully saturated rings. The molecule has 77 heavy (non-hydrogen) atoms. The van der Waals surface area contributed by atoms with Crippen molar-refractivity contribution in [1.82, 2.24) is 5.32 Å². The minimum absolute atomic E-state index is 0.0194. The molecule has 0 aliphatic heterocycles. The number of unbranched alkanes of at least 4 members (excludes halogenated alkanes) is 54. The molecule has 0 bridgehead atoms. The summed E-state index contributed by atoms with van der Waals surface area (Å²) in [6, 6.07) is -0.537. The molecule has 0 aromatic heterocycles. The Morgan fingerprint density at radius 2 is 0.610 bits per heavy atom. The van der Waals surface area contributed by atoms with E-state index in [0.717, 1.165) is 38.5 Å². The number of aliphatic hydroxyl groups excluding tert-OH is 2. The molecule has 0 saturated carbocycles. The van der Waals surface area contributed by atoms with Crippen molar-refractivity contribution in [1.29, 1.82) is 0 Å². The summed E-state index contributed by atoms with van der Waals surface area (Å²) in [7, 11) is 0. The van der Waals surface area contributed by atoms with Crippen molar-refractivity contribution < 1.29 is 24.5 Å². The number of rotatable bonds is 67. The van der Waals surface area contributed by atoms with E-state index in [2.05, 4.69) is 31.3 Å². The molecule has 3 N–H and O–H groups in total. The van der Waals surface area contributed by atoms with Crippen LogP contribution in [0, 0.1) is 0 Å². The molecule has 2 unspecified atom stereocenters. The van der Waals surface area contributed by atoms with Gasteiger partial charge in [0.1, 0.15) is 0 Å². The van der Waals surface area contributed by atoms with Crippen LogP contribution in [0.25, 0.3) is 0 Å². The number of nitrogens with one attached hydrogen (secondary N) is 1. The molecule has 2 atom stereocenters. The average molecular weight is 1090 g/mol. The van der Waals surface area contributed by atoms with Gasteiger partial charge in [-0.05, 0) is 51.4 Å². The van der Waals surface area contributed by atoms with E-state index in [1.807, 2.05) is 0 Å². The zero-order chi connectivity index (χ0) is 55.7. The van der Waals surface area contributed by atoms with Gasteiger partial charge in [-0.15, -0.1) is 0 Å². The molecule has 0 aliphatic rings. The van der Waals surface area contributed by atoms with E-state index in [-0.39, 0.29) is 18.5 Å². The van der Waals surface area contributed by atoms with Crippen molar-refractivity contribution in [3.05, 3.63) is 12.2 Å². The standard InChI is InChI=1S/C71H139NO5/c1-3-5-7-9-11-13-15-17-18-19-30-34-37-41-45-49-53-57-61-65-71(76)77-66-62-58-54-50-46-42-38-35-32-29-27-25-23-21-20-22-24-26-28-31-33-36-40-44-48-52-56-60-64-70(75)72-68(67-73)69(74)63-59-55-51-47-43-39-16-14-12-10-8-6-4-2/h17-18,68-69,73-74H,3-16,19-67H2,1-2H3,(H,72,75)/b18-17-. The third-order valence-corrected chi connectivity index (χ3v) is 16.8. The molecule has 0 heterocycles. The Labute approximate surface area is 482 Å². The molecule has 0 aromatic rings. The first-order valence-electron chi connectivity index (χ1n) is 35.4. The highest BCUT2D eigenvalue weighted by Gasteiger charge is 2.20. The van der Waals surface area contributed by atoms with Gasteiger partial charge in [0.05, 0.1) is 25.4 Å². The molecule has 6 nitrogen and oxygen atoms in total. The maximum atomic E-state index is 12.5. The Kier molecular flexibility index (Phi) is 65.9. The highest BCUT2D eigenvalue weighted by molar-refractivity contribution is 5.76. The van der Waals surface area contributed by atoms with E-state index >= 15 is 0 Å². The number of hydrogen-bond acceptors (Lipinski definition) is 5. The molecule has 458 valence electrons. The summed E-state index contributed by atoms with van der Waals surface area (Å²) >= 11 is 0. The Bertz CT molecular complexity index is 1160. The summed E-state index contributed by atoms with van der Waals surface area (Å²) in [4.78, 5) is 24.6. The number of aliphatic hydroxyl groups is 2. The fourth-order valence-electron chi connectivity index (χ4n) is 11.4. The normalized spacial score (nSPS) is 12.5. The van der Waals surface area contributed by atoms with E-state index < -0.39 is 12.1 Å². The lowest BCUT2D eigenvalue weighted by Crippen LogP contribution is -2.45. The SMILES string of the molecule is CCCCCCCC/C=C\CCCCCCCCCCCC(=O)OCCCCCCCCCCCCCCCCCCCCCCCCCCCCCCC(=O)NC(CO)C(O)CCCCCCCCCCCCCCC. The summed E-state index contributed by atoms with van der Waals surface area (Å²) in [5.41, 5.74) is 0. The van der Waals surface area contributed by atoms with Crippen molar-refractivity contribution in [2.24, 2.45) is 0 Å². The molecule has 0 saturated heterocycles. The topological polar surface area (TPSA) is 95.9 Å².